The van der Waals surface area contributed by atoms with Gasteiger partial charge in [0.05, 0.1) is 18.8 Å². The van der Waals surface area contributed by atoms with Gasteiger partial charge in [0.15, 0.2) is 11.5 Å². The van der Waals surface area contributed by atoms with Crippen LogP contribution in [0.5, 0.6) is 17.2 Å². The van der Waals surface area contributed by atoms with Gasteiger partial charge in [0.2, 0.25) is 12.0 Å². The Morgan fingerprint density at radius 1 is 1.20 bits per heavy atom. The van der Waals surface area contributed by atoms with E-state index in [1.807, 2.05) is 0 Å². The van der Waals surface area contributed by atoms with Crippen LogP contribution >= 0.6 is 0 Å². The van der Waals surface area contributed by atoms with Gasteiger partial charge in [-0.1, -0.05) is 13.0 Å². The number of ether oxygens (including phenoxy) is 2. The van der Waals surface area contributed by atoms with Crippen molar-refractivity contribution in [3.05, 3.63) is 18.2 Å². The second-order valence-electron chi connectivity index (χ2n) is 4.81. The molecule has 7 nitrogen and oxygen atoms in total. The molecule has 0 saturated carbocycles. The quantitative estimate of drug-likeness (QED) is 0.477. The van der Waals surface area contributed by atoms with E-state index < -0.39 is 36.3 Å². The normalized spacial score (nSPS) is 33.9. The highest BCUT2D eigenvalue weighted by Gasteiger charge is 2.43. The van der Waals surface area contributed by atoms with Crippen LogP contribution in [0.25, 0.3) is 0 Å². The Morgan fingerprint density at radius 3 is 2.55 bits per heavy atom. The molecule has 0 bridgehead atoms. The number of hydrogen-bond donors (Lipinski definition) is 5. The van der Waals surface area contributed by atoms with Gasteiger partial charge in [-0.25, -0.2) is 0 Å². The predicted octanol–water partition coefficient (Wildman–Crippen LogP) is -0.448. The van der Waals surface area contributed by atoms with Gasteiger partial charge < -0.3 is 35.0 Å². The number of hydrogen-bond acceptors (Lipinski definition) is 7. The van der Waals surface area contributed by atoms with Gasteiger partial charge in [0, 0.05) is 5.92 Å². The molecule has 112 valence electrons. The molecule has 0 spiro atoms. The van der Waals surface area contributed by atoms with Crippen molar-refractivity contribution in [3.8, 4) is 17.2 Å². The van der Waals surface area contributed by atoms with E-state index >= 15 is 0 Å². The predicted molar refractivity (Wildman–Crippen MR) is 67.3 cm³/mol. The van der Waals surface area contributed by atoms with Gasteiger partial charge in [-0.2, -0.15) is 0 Å². The third-order valence-electron chi connectivity index (χ3n) is 3.46. The Kier molecular flexibility index (Phi) is 4.34. The lowest BCUT2D eigenvalue weighted by Crippen LogP contribution is -2.56. The van der Waals surface area contributed by atoms with Crippen LogP contribution in [0.3, 0.4) is 0 Å². The van der Waals surface area contributed by atoms with Crippen molar-refractivity contribution < 1.29 is 35.0 Å². The zero-order valence-electron chi connectivity index (χ0n) is 10.9. The molecule has 0 aliphatic carbocycles. The van der Waals surface area contributed by atoms with Crippen LogP contribution in [0.4, 0.5) is 0 Å². The minimum atomic E-state index is -1.34. The molecule has 1 heterocycles. The number of aliphatic hydroxyl groups is 3. The summed E-state index contributed by atoms with van der Waals surface area (Å²) in [7, 11) is 0. The lowest BCUT2D eigenvalue weighted by atomic mass is 9.91. The highest BCUT2D eigenvalue weighted by molar-refractivity contribution is 5.48. The summed E-state index contributed by atoms with van der Waals surface area (Å²) in [6.45, 7) is 1.30. The van der Waals surface area contributed by atoms with Crippen molar-refractivity contribution in [3.63, 3.8) is 0 Å². The van der Waals surface area contributed by atoms with Crippen LogP contribution in [0.2, 0.25) is 0 Å². The summed E-state index contributed by atoms with van der Waals surface area (Å²) in [6.07, 6.45) is -4.43. The Bertz CT molecular complexity index is 462. The van der Waals surface area contributed by atoms with Gasteiger partial charge in [-0.3, -0.25) is 0 Å². The van der Waals surface area contributed by atoms with Crippen LogP contribution in [-0.4, -0.2) is 56.7 Å². The Morgan fingerprint density at radius 2 is 1.90 bits per heavy atom. The van der Waals surface area contributed by atoms with E-state index in [0.29, 0.717) is 0 Å². The molecule has 1 aromatic carbocycles. The zero-order chi connectivity index (χ0) is 14.9. The molecule has 1 saturated heterocycles. The Hall–Kier alpha value is -1.54. The molecule has 1 aliphatic heterocycles. The maximum Gasteiger partial charge on any atom is 0.229 e. The SMILES string of the molecule is C[C@H]1[C@H](O)[C@@H](O)[C@H](Oc2cccc(O)c2O)O[C@@H]1CO. The van der Waals surface area contributed by atoms with Gasteiger partial charge in [-0.15, -0.1) is 0 Å². The first kappa shape index (κ1) is 14.9. The monoisotopic (exact) mass is 286 g/mol. The van der Waals surface area contributed by atoms with Crippen LogP contribution in [0.15, 0.2) is 18.2 Å². The fraction of sp³-hybridized carbons (Fsp3) is 0.538. The molecule has 2 rings (SSSR count). The largest absolute Gasteiger partial charge is 0.504 e. The second-order valence-corrected chi connectivity index (χ2v) is 4.81. The lowest BCUT2D eigenvalue weighted by Gasteiger charge is -2.40. The van der Waals surface area contributed by atoms with Crippen LogP contribution in [0, 0.1) is 5.92 Å². The van der Waals surface area contributed by atoms with E-state index in [9.17, 15) is 25.5 Å². The summed E-state index contributed by atoms with van der Waals surface area (Å²) >= 11 is 0. The minimum absolute atomic E-state index is 0.0903. The fourth-order valence-corrected chi connectivity index (χ4v) is 2.11. The summed E-state index contributed by atoms with van der Waals surface area (Å²) in [4.78, 5) is 0. The molecule has 20 heavy (non-hydrogen) atoms. The standard InChI is InChI=1S/C13H18O7/c1-6-9(5-14)20-13(12(18)10(6)16)19-8-4-2-3-7(15)11(8)17/h2-4,6,9-10,12-18H,5H2,1H3/t6-,9-,10+,12-,13-/m1/s1. The average molecular weight is 286 g/mol. The van der Waals surface area contributed by atoms with E-state index in [4.69, 9.17) is 9.47 Å². The zero-order valence-corrected chi connectivity index (χ0v) is 10.9. The van der Waals surface area contributed by atoms with Crippen molar-refractivity contribution in [2.45, 2.75) is 31.5 Å². The first-order valence-corrected chi connectivity index (χ1v) is 6.25. The molecule has 7 heteroatoms. The van der Waals surface area contributed by atoms with Crippen LogP contribution in [0.1, 0.15) is 6.92 Å². The third kappa shape index (κ3) is 2.66. The molecule has 0 radical (unpaired) electrons. The van der Waals surface area contributed by atoms with E-state index in [1.165, 1.54) is 18.2 Å². The topological polar surface area (TPSA) is 120 Å². The molecule has 5 N–H and O–H groups in total. The van der Waals surface area contributed by atoms with E-state index in [1.54, 1.807) is 6.92 Å². The molecule has 1 fully saturated rings. The molecule has 5 atom stereocenters. The average Bonchev–Trinajstić information content (AvgIpc) is 2.44. The van der Waals surface area contributed by atoms with E-state index in [-0.39, 0.29) is 18.1 Å². The van der Waals surface area contributed by atoms with Crippen LogP contribution < -0.4 is 4.74 Å². The summed E-state index contributed by atoms with van der Waals surface area (Å²) in [5.74, 6) is -1.42. The molecule has 0 aromatic heterocycles. The molecule has 0 unspecified atom stereocenters. The number of aliphatic hydroxyl groups excluding tert-OH is 3. The summed E-state index contributed by atoms with van der Waals surface area (Å²) in [5, 5.41) is 48.0. The number of aromatic hydroxyl groups is 2. The van der Waals surface area contributed by atoms with Gasteiger partial charge >= 0.3 is 0 Å². The summed E-state index contributed by atoms with van der Waals surface area (Å²) in [5.41, 5.74) is 0. The van der Waals surface area contributed by atoms with Crippen molar-refractivity contribution in [2.24, 2.45) is 5.92 Å². The van der Waals surface area contributed by atoms with Gasteiger partial charge in [0.25, 0.3) is 0 Å². The van der Waals surface area contributed by atoms with Gasteiger partial charge in [-0.05, 0) is 12.1 Å². The molecular weight excluding hydrogens is 268 g/mol. The highest BCUT2D eigenvalue weighted by atomic mass is 16.7. The van der Waals surface area contributed by atoms with Crippen molar-refractivity contribution in [1.82, 2.24) is 0 Å². The van der Waals surface area contributed by atoms with Crippen molar-refractivity contribution in [2.75, 3.05) is 6.61 Å². The molecular formula is C13H18O7. The van der Waals surface area contributed by atoms with Crippen molar-refractivity contribution >= 4 is 0 Å². The first-order valence-electron chi connectivity index (χ1n) is 6.25. The molecule has 1 aromatic rings. The first-order chi connectivity index (χ1) is 9.45. The molecule has 0 amide bonds. The van der Waals surface area contributed by atoms with E-state index in [0.717, 1.165) is 0 Å². The maximum atomic E-state index is 9.92. The van der Waals surface area contributed by atoms with Crippen LogP contribution in [-0.2, 0) is 4.74 Å². The van der Waals surface area contributed by atoms with Gasteiger partial charge in [0.1, 0.15) is 6.10 Å². The maximum absolute atomic E-state index is 9.92. The summed E-state index contributed by atoms with van der Waals surface area (Å²) < 4.78 is 10.6. The number of phenols is 2. The van der Waals surface area contributed by atoms with E-state index in [2.05, 4.69) is 0 Å². The Labute approximate surface area is 115 Å². The number of rotatable bonds is 3. The second kappa shape index (κ2) is 5.84. The Balaban J connectivity index is 2.17. The lowest BCUT2D eigenvalue weighted by molar-refractivity contribution is -0.261. The third-order valence-corrected chi connectivity index (χ3v) is 3.46. The smallest absolute Gasteiger partial charge is 0.229 e. The fourth-order valence-electron chi connectivity index (χ4n) is 2.11. The molecule has 1 aliphatic rings. The highest BCUT2D eigenvalue weighted by Crippen LogP contribution is 2.37. The number of benzene rings is 1. The summed E-state index contributed by atoms with van der Waals surface area (Å²) in [6, 6.07) is 4.10. The van der Waals surface area contributed by atoms with Crippen molar-refractivity contribution in [1.29, 1.82) is 0 Å². The number of phenolic OH excluding ortho intramolecular Hbond substituents is 2. The minimum Gasteiger partial charge on any atom is -0.504 e. The number of para-hydroxylation sites is 1.